The second-order valence-electron chi connectivity index (χ2n) is 6.70. The molecule has 0 saturated heterocycles. The Labute approximate surface area is 172 Å². The summed E-state index contributed by atoms with van der Waals surface area (Å²) in [5.41, 5.74) is -0.00443. The number of halogens is 4. The molecule has 0 heterocycles. The highest BCUT2D eigenvalue weighted by molar-refractivity contribution is 6.42. The first-order valence-electron chi connectivity index (χ1n) is 8.62. The molecular formula is C20H20Cl2F2N2O2. The van der Waals surface area contributed by atoms with Gasteiger partial charge in [0, 0.05) is 0 Å². The minimum atomic E-state index is -0.996. The van der Waals surface area contributed by atoms with Crippen LogP contribution in [0.25, 0.3) is 0 Å². The van der Waals surface area contributed by atoms with Crippen LogP contribution in [0.2, 0.25) is 10.0 Å². The summed E-state index contributed by atoms with van der Waals surface area (Å²) in [5.74, 6) is -3.79. The monoisotopic (exact) mass is 428 g/mol. The highest BCUT2D eigenvalue weighted by Crippen LogP contribution is 2.25. The Hall–Kier alpha value is -2.18. The summed E-state index contributed by atoms with van der Waals surface area (Å²) in [6.07, 6.45) is 0. The van der Waals surface area contributed by atoms with Gasteiger partial charge in [-0.3, -0.25) is 9.59 Å². The minimum Gasteiger partial charge on any atom is -0.348 e. The zero-order chi connectivity index (χ0) is 21.0. The van der Waals surface area contributed by atoms with E-state index in [0.29, 0.717) is 10.0 Å². The first-order valence-corrected chi connectivity index (χ1v) is 9.37. The van der Waals surface area contributed by atoms with Crippen LogP contribution in [0.5, 0.6) is 0 Å². The van der Waals surface area contributed by atoms with Gasteiger partial charge in [-0.15, -0.1) is 0 Å². The summed E-state index contributed by atoms with van der Waals surface area (Å²) in [7, 11) is 0. The molecule has 0 bridgehead atoms. The molecule has 2 aromatic carbocycles. The Morgan fingerprint density at radius 3 is 2.07 bits per heavy atom. The Kier molecular flexibility index (Phi) is 7.38. The van der Waals surface area contributed by atoms with E-state index in [1.54, 1.807) is 39.0 Å². The van der Waals surface area contributed by atoms with E-state index in [0.717, 1.165) is 23.8 Å². The van der Waals surface area contributed by atoms with Gasteiger partial charge >= 0.3 is 0 Å². The van der Waals surface area contributed by atoms with Gasteiger partial charge in [-0.2, -0.15) is 0 Å². The van der Waals surface area contributed by atoms with Crippen LogP contribution in [-0.4, -0.2) is 17.9 Å². The van der Waals surface area contributed by atoms with Gasteiger partial charge in [0.15, 0.2) is 0 Å². The van der Waals surface area contributed by atoms with Crippen molar-refractivity contribution in [3.05, 3.63) is 69.2 Å². The molecule has 2 N–H and O–H groups in total. The third-order valence-electron chi connectivity index (χ3n) is 4.23. The molecule has 4 nitrogen and oxygen atoms in total. The second kappa shape index (κ2) is 9.34. The van der Waals surface area contributed by atoms with Crippen molar-refractivity contribution >= 4 is 35.0 Å². The average molecular weight is 429 g/mol. The predicted molar refractivity (Wildman–Crippen MR) is 105 cm³/mol. The fourth-order valence-electron chi connectivity index (χ4n) is 2.63. The SMILES string of the molecule is CC(NC(=O)C(NC(=O)c1c(F)cccc1F)C(C)C)c1ccc(Cl)c(Cl)c1. The third kappa shape index (κ3) is 5.20. The molecule has 0 spiro atoms. The van der Waals surface area contributed by atoms with Gasteiger partial charge < -0.3 is 10.6 Å². The van der Waals surface area contributed by atoms with Gasteiger partial charge in [-0.1, -0.05) is 49.2 Å². The van der Waals surface area contributed by atoms with Crippen molar-refractivity contribution in [1.82, 2.24) is 10.6 Å². The second-order valence-corrected chi connectivity index (χ2v) is 7.51. The number of rotatable bonds is 6. The van der Waals surface area contributed by atoms with Gasteiger partial charge in [0.2, 0.25) is 5.91 Å². The van der Waals surface area contributed by atoms with E-state index in [1.807, 2.05) is 0 Å². The standard InChI is InChI=1S/C20H20Cl2F2N2O2/c1-10(2)18(26-19(27)17-15(23)5-4-6-16(17)24)20(28)25-11(3)12-7-8-13(21)14(22)9-12/h4-11,18H,1-3H3,(H,25,28)(H,26,27). The molecule has 150 valence electrons. The third-order valence-corrected chi connectivity index (χ3v) is 4.97. The van der Waals surface area contributed by atoms with E-state index in [2.05, 4.69) is 10.6 Å². The molecule has 2 aromatic rings. The molecule has 0 radical (unpaired) electrons. The number of carbonyl (C=O) groups is 2. The average Bonchev–Trinajstić information content (AvgIpc) is 2.61. The molecule has 0 aliphatic rings. The highest BCUT2D eigenvalue weighted by Gasteiger charge is 2.28. The van der Waals surface area contributed by atoms with Crippen molar-refractivity contribution in [3.8, 4) is 0 Å². The van der Waals surface area contributed by atoms with Crippen LogP contribution >= 0.6 is 23.2 Å². The topological polar surface area (TPSA) is 58.2 Å². The molecule has 28 heavy (non-hydrogen) atoms. The first-order chi connectivity index (χ1) is 13.1. The van der Waals surface area contributed by atoms with E-state index in [9.17, 15) is 18.4 Å². The number of benzene rings is 2. The molecule has 2 atom stereocenters. The summed E-state index contributed by atoms with van der Waals surface area (Å²) in [4.78, 5) is 25.0. The van der Waals surface area contributed by atoms with Crippen LogP contribution in [0.4, 0.5) is 8.78 Å². The zero-order valence-corrected chi connectivity index (χ0v) is 17.0. The molecule has 0 aliphatic carbocycles. The van der Waals surface area contributed by atoms with Gasteiger partial charge in [0.05, 0.1) is 16.1 Å². The van der Waals surface area contributed by atoms with Crippen LogP contribution in [0.15, 0.2) is 36.4 Å². The van der Waals surface area contributed by atoms with Crippen molar-refractivity contribution in [1.29, 1.82) is 0 Å². The Morgan fingerprint density at radius 2 is 1.54 bits per heavy atom. The van der Waals surface area contributed by atoms with Gasteiger partial charge in [-0.05, 0) is 42.7 Å². The molecule has 2 amide bonds. The quantitative estimate of drug-likeness (QED) is 0.686. The molecule has 0 fully saturated rings. The van der Waals surface area contributed by atoms with Crippen molar-refractivity contribution in [3.63, 3.8) is 0 Å². The van der Waals surface area contributed by atoms with Crippen molar-refractivity contribution < 1.29 is 18.4 Å². The maximum absolute atomic E-state index is 13.8. The lowest BCUT2D eigenvalue weighted by molar-refractivity contribution is -0.124. The number of amides is 2. The summed E-state index contributed by atoms with van der Waals surface area (Å²) >= 11 is 11.9. The van der Waals surface area contributed by atoms with Crippen LogP contribution in [-0.2, 0) is 4.79 Å². The van der Waals surface area contributed by atoms with Crippen molar-refractivity contribution in [2.45, 2.75) is 32.9 Å². The Balaban J connectivity index is 2.15. The molecule has 2 rings (SSSR count). The summed E-state index contributed by atoms with van der Waals surface area (Å²) in [6.45, 7) is 5.17. The largest absolute Gasteiger partial charge is 0.348 e. The van der Waals surface area contributed by atoms with Gasteiger partial charge in [0.25, 0.3) is 5.91 Å². The number of nitrogens with one attached hydrogen (secondary N) is 2. The van der Waals surface area contributed by atoms with Gasteiger partial charge in [0.1, 0.15) is 23.2 Å². The van der Waals surface area contributed by atoms with Crippen LogP contribution < -0.4 is 10.6 Å². The Morgan fingerprint density at radius 1 is 0.929 bits per heavy atom. The van der Waals surface area contributed by atoms with Crippen molar-refractivity contribution in [2.24, 2.45) is 5.92 Å². The maximum atomic E-state index is 13.8. The Bertz CT molecular complexity index is 870. The van der Waals surface area contributed by atoms with Crippen LogP contribution in [0.3, 0.4) is 0 Å². The molecule has 0 saturated carbocycles. The number of hydrogen-bond donors (Lipinski definition) is 2. The first kappa shape index (κ1) is 22.1. The fraction of sp³-hybridized carbons (Fsp3) is 0.300. The predicted octanol–water partition coefficient (Wildman–Crippen LogP) is 4.90. The molecule has 2 unspecified atom stereocenters. The van der Waals surface area contributed by atoms with E-state index >= 15 is 0 Å². The zero-order valence-electron chi connectivity index (χ0n) is 15.5. The maximum Gasteiger partial charge on any atom is 0.257 e. The number of carbonyl (C=O) groups excluding carboxylic acids is 2. The molecule has 0 aliphatic heterocycles. The van der Waals surface area contributed by atoms with E-state index in [-0.39, 0.29) is 5.92 Å². The number of hydrogen-bond acceptors (Lipinski definition) is 2. The van der Waals surface area contributed by atoms with Crippen LogP contribution in [0.1, 0.15) is 42.7 Å². The van der Waals surface area contributed by atoms with E-state index in [4.69, 9.17) is 23.2 Å². The molecule has 0 aromatic heterocycles. The summed E-state index contributed by atoms with van der Waals surface area (Å²) in [6, 6.07) is 6.67. The summed E-state index contributed by atoms with van der Waals surface area (Å²) < 4.78 is 27.7. The lowest BCUT2D eigenvalue weighted by atomic mass is 10.0. The highest BCUT2D eigenvalue weighted by atomic mass is 35.5. The molecule has 8 heteroatoms. The lowest BCUT2D eigenvalue weighted by Crippen LogP contribution is -2.50. The van der Waals surface area contributed by atoms with Crippen molar-refractivity contribution in [2.75, 3.05) is 0 Å². The smallest absolute Gasteiger partial charge is 0.257 e. The van der Waals surface area contributed by atoms with Gasteiger partial charge in [-0.25, -0.2) is 8.78 Å². The normalized spacial score (nSPS) is 13.1. The van der Waals surface area contributed by atoms with E-state index in [1.165, 1.54) is 0 Å². The van der Waals surface area contributed by atoms with E-state index < -0.39 is 41.1 Å². The summed E-state index contributed by atoms with van der Waals surface area (Å²) in [5, 5.41) is 5.92. The van der Waals surface area contributed by atoms with Crippen LogP contribution in [0, 0.1) is 17.6 Å². The lowest BCUT2D eigenvalue weighted by Gasteiger charge is -2.24. The fourth-order valence-corrected chi connectivity index (χ4v) is 2.94. The molecular weight excluding hydrogens is 409 g/mol. The minimum absolute atomic E-state index is 0.320.